The molecule has 0 aliphatic heterocycles. The van der Waals surface area contributed by atoms with Gasteiger partial charge in [-0.15, -0.1) is 0 Å². The predicted octanol–water partition coefficient (Wildman–Crippen LogP) is 3.83. The van der Waals surface area contributed by atoms with E-state index in [1.807, 2.05) is 22.8 Å². The topological polar surface area (TPSA) is 55.1 Å². The molecule has 0 bridgehead atoms. The van der Waals surface area contributed by atoms with Crippen molar-refractivity contribution in [3.8, 4) is 5.69 Å². The van der Waals surface area contributed by atoms with Gasteiger partial charge in [-0.25, -0.2) is 4.98 Å². The highest BCUT2D eigenvalue weighted by molar-refractivity contribution is 7.99. The van der Waals surface area contributed by atoms with E-state index in [0.29, 0.717) is 10.2 Å². The molecule has 1 heterocycles. The quantitative estimate of drug-likeness (QED) is 0.853. The number of carboxylic acid groups (broad SMARTS) is 1. The summed E-state index contributed by atoms with van der Waals surface area (Å²) in [6, 6.07) is 7.46. The van der Waals surface area contributed by atoms with E-state index in [0.717, 1.165) is 11.4 Å². The molecule has 2 rings (SSSR count). The summed E-state index contributed by atoms with van der Waals surface area (Å²) in [6.45, 7) is 4.15. The number of aromatic nitrogens is 2. The van der Waals surface area contributed by atoms with Crippen LogP contribution < -0.4 is 0 Å². The number of rotatable bonds is 5. The molecule has 6 heteroatoms. The Morgan fingerprint density at radius 1 is 1.50 bits per heavy atom. The van der Waals surface area contributed by atoms with Crippen molar-refractivity contribution in [2.75, 3.05) is 5.75 Å². The van der Waals surface area contributed by atoms with E-state index in [1.54, 1.807) is 12.3 Å². The Kier molecular flexibility index (Phi) is 4.73. The largest absolute Gasteiger partial charge is 0.481 e. The summed E-state index contributed by atoms with van der Waals surface area (Å²) < 4.78 is 1.96. The molecule has 0 saturated heterocycles. The molecule has 4 nitrogen and oxygen atoms in total. The fraction of sp³-hybridized carbons (Fsp3) is 0.286. The van der Waals surface area contributed by atoms with Crippen LogP contribution in [0.3, 0.4) is 0 Å². The van der Waals surface area contributed by atoms with Crippen LogP contribution in [0.1, 0.15) is 25.5 Å². The van der Waals surface area contributed by atoms with Gasteiger partial charge >= 0.3 is 5.97 Å². The number of aliphatic carboxylic acids is 1. The molecule has 20 heavy (non-hydrogen) atoms. The number of imidazole rings is 1. The fourth-order valence-corrected chi connectivity index (χ4v) is 2.76. The van der Waals surface area contributed by atoms with Gasteiger partial charge in [0, 0.05) is 16.4 Å². The second kappa shape index (κ2) is 6.33. The molecule has 1 N–H and O–H groups in total. The maximum atomic E-state index is 10.7. The van der Waals surface area contributed by atoms with Crippen LogP contribution in [-0.4, -0.2) is 26.4 Å². The van der Waals surface area contributed by atoms with E-state index in [9.17, 15) is 4.79 Å². The van der Waals surface area contributed by atoms with Crippen LogP contribution in [0.5, 0.6) is 0 Å². The first-order chi connectivity index (χ1) is 9.49. The average Bonchev–Trinajstić information content (AvgIpc) is 2.80. The molecule has 1 aromatic heterocycles. The molecule has 0 unspecified atom stereocenters. The van der Waals surface area contributed by atoms with Crippen molar-refractivity contribution in [2.45, 2.75) is 24.9 Å². The Morgan fingerprint density at radius 2 is 2.25 bits per heavy atom. The molecule has 0 fully saturated rings. The van der Waals surface area contributed by atoms with Gasteiger partial charge in [0.1, 0.15) is 0 Å². The van der Waals surface area contributed by atoms with E-state index in [2.05, 4.69) is 18.8 Å². The van der Waals surface area contributed by atoms with Crippen LogP contribution in [0.25, 0.3) is 5.69 Å². The van der Waals surface area contributed by atoms with E-state index >= 15 is 0 Å². The zero-order valence-corrected chi connectivity index (χ0v) is 12.8. The van der Waals surface area contributed by atoms with Crippen molar-refractivity contribution in [1.82, 2.24) is 9.55 Å². The van der Waals surface area contributed by atoms with Crippen LogP contribution in [0.2, 0.25) is 5.02 Å². The molecule has 2 aromatic rings. The number of carboxylic acids is 1. The number of halogens is 1. The van der Waals surface area contributed by atoms with Gasteiger partial charge in [0.2, 0.25) is 0 Å². The smallest absolute Gasteiger partial charge is 0.313 e. The highest BCUT2D eigenvalue weighted by Gasteiger charge is 2.16. The fourth-order valence-electron chi connectivity index (χ4n) is 1.86. The number of hydrogen-bond acceptors (Lipinski definition) is 3. The van der Waals surface area contributed by atoms with Gasteiger partial charge in [-0.1, -0.05) is 43.3 Å². The van der Waals surface area contributed by atoms with Gasteiger partial charge in [0.15, 0.2) is 5.16 Å². The van der Waals surface area contributed by atoms with Crippen molar-refractivity contribution in [1.29, 1.82) is 0 Å². The van der Waals surface area contributed by atoms with Crippen LogP contribution in [0.15, 0.2) is 35.6 Å². The molecule has 0 spiro atoms. The first-order valence-corrected chi connectivity index (χ1v) is 7.53. The molecule has 0 amide bonds. The summed E-state index contributed by atoms with van der Waals surface area (Å²) >= 11 is 7.24. The zero-order valence-electron chi connectivity index (χ0n) is 11.2. The molecule has 1 aromatic carbocycles. The molecule has 0 saturated carbocycles. The van der Waals surface area contributed by atoms with Crippen molar-refractivity contribution >= 4 is 29.3 Å². The highest BCUT2D eigenvalue weighted by Crippen LogP contribution is 2.28. The van der Waals surface area contributed by atoms with Crippen LogP contribution >= 0.6 is 23.4 Å². The summed E-state index contributed by atoms with van der Waals surface area (Å²) in [4.78, 5) is 15.1. The molecule has 0 aliphatic rings. The lowest BCUT2D eigenvalue weighted by Crippen LogP contribution is -2.05. The standard InChI is InChI=1S/C14H15ClN2O2S/c1-9(2)12-7-16-14(20-8-13(18)19)17(12)11-5-3-4-10(15)6-11/h3-7,9H,8H2,1-2H3,(H,18,19). The summed E-state index contributed by atoms with van der Waals surface area (Å²) in [5.41, 5.74) is 1.92. The van der Waals surface area contributed by atoms with Gasteiger partial charge in [-0.3, -0.25) is 9.36 Å². The monoisotopic (exact) mass is 310 g/mol. The van der Waals surface area contributed by atoms with Gasteiger partial charge in [0.05, 0.1) is 11.9 Å². The van der Waals surface area contributed by atoms with E-state index in [-0.39, 0.29) is 11.7 Å². The SMILES string of the molecule is CC(C)c1cnc(SCC(=O)O)n1-c1cccc(Cl)c1. The van der Waals surface area contributed by atoms with Crippen LogP contribution in [-0.2, 0) is 4.79 Å². The Labute approximate surface area is 126 Å². The number of nitrogens with zero attached hydrogens (tertiary/aromatic N) is 2. The highest BCUT2D eigenvalue weighted by atomic mass is 35.5. The molecular weight excluding hydrogens is 296 g/mol. The molecule has 0 aliphatic carbocycles. The molecule has 0 atom stereocenters. The summed E-state index contributed by atoms with van der Waals surface area (Å²) in [6.07, 6.45) is 1.79. The number of thioether (sulfide) groups is 1. The number of benzene rings is 1. The van der Waals surface area contributed by atoms with Crippen LogP contribution in [0.4, 0.5) is 0 Å². The third-order valence-electron chi connectivity index (χ3n) is 2.74. The van der Waals surface area contributed by atoms with E-state index < -0.39 is 5.97 Å². The summed E-state index contributed by atoms with van der Waals surface area (Å²) in [5, 5.41) is 10.1. The Hall–Kier alpha value is -1.46. The third kappa shape index (κ3) is 3.35. The maximum Gasteiger partial charge on any atom is 0.313 e. The number of hydrogen-bond donors (Lipinski definition) is 1. The second-order valence-electron chi connectivity index (χ2n) is 4.62. The minimum Gasteiger partial charge on any atom is -0.481 e. The Bertz CT molecular complexity index is 625. The number of carbonyl (C=O) groups is 1. The van der Waals surface area contributed by atoms with E-state index in [1.165, 1.54) is 11.8 Å². The van der Waals surface area contributed by atoms with E-state index in [4.69, 9.17) is 16.7 Å². The van der Waals surface area contributed by atoms with Crippen molar-refractivity contribution in [3.05, 3.63) is 41.2 Å². The first-order valence-electron chi connectivity index (χ1n) is 6.17. The first kappa shape index (κ1) is 14.9. The predicted molar refractivity (Wildman–Crippen MR) is 81.0 cm³/mol. The summed E-state index contributed by atoms with van der Waals surface area (Å²) in [7, 11) is 0. The Morgan fingerprint density at radius 3 is 2.85 bits per heavy atom. The minimum absolute atomic E-state index is 0.0187. The second-order valence-corrected chi connectivity index (χ2v) is 6.00. The Balaban J connectivity index is 2.46. The van der Waals surface area contributed by atoms with Crippen molar-refractivity contribution in [2.24, 2.45) is 0 Å². The van der Waals surface area contributed by atoms with Gasteiger partial charge < -0.3 is 5.11 Å². The van der Waals surface area contributed by atoms with Crippen LogP contribution in [0, 0.1) is 0 Å². The molecule has 106 valence electrons. The van der Waals surface area contributed by atoms with Gasteiger partial charge in [-0.2, -0.15) is 0 Å². The lowest BCUT2D eigenvalue weighted by Gasteiger charge is -2.13. The third-order valence-corrected chi connectivity index (χ3v) is 3.91. The molecular formula is C14H15ClN2O2S. The van der Waals surface area contributed by atoms with Crippen molar-refractivity contribution < 1.29 is 9.90 Å². The summed E-state index contributed by atoms with van der Waals surface area (Å²) in [5.74, 6) is -0.600. The maximum absolute atomic E-state index is 10.7. The van der Waals surface area contributed by atoms with Crippen molar-refractivity contribution in [3.63, 3.8) is 0 Å². The minimum atomic E-state index is -0.859. The lowest BCUT2D eigenvalue weighted by molar-refractivity contribution is -0.133. The average molecular weight is 311 g/mol. The zero-order chi connectivity index (χ0) is 14.7. The lowest BCUT2D eigenvalue weighted by atomic mass is 10.1. The normalized spacial score (nSPS) is 11.0. The van der Waals surface area contributed by atoms with Gasteiger partial charge in [-0.05, 0) is 24.1 Å². The van der Waals surface area contributed by atoms with Gasteiger partial charge in [0.25, 0.3) is 0 Å². The molecule has 0 radical (unpaired) electrons.